The predicted molar refractivity (Wildman–Crippen MR) is 155 cm³/mol. The number of nitrogens with zero attached hydrogens (tertiary/aromatic N) is 8. The molecule has 4 heterocycles. The third-order valence-corrected chi connectivity index (χ3v) is 9.89. The third-order valence-electron chi connectivity index (χ3n) is 7.47. The van der Waals surface area contributed by atoms with Crippen LogP contribution < -0.4 is 51.1 Å². The number of tetrazole rings is 1. The van der Waals surface area contributed by atoms with Gasteiger partial charge in [0.15, 0.2) is 6.04 Å². The van der Waals surface area contributed by atoms with Crippen LogP contribution in [-0.4, -0.2) is 125 Å². The van der Waals surface area contributed by atoms with E-state index in [9.17, 15) is 38.7 Å². The van der Waals surface area contributed by atoms with E-state index in [4.69, 9.17) is 5.84 Å². The number of hydrogen-bond donors (Lipinski definition) is 3. The van der Waals surface area contributed by atoms with E-state index in [1.807, 2.05) is 0 Å². The van der Waals surface area contributed by atoms with E-state index in [0.29, 0.717) is 0 Å². The second kappa shape index (κ2) is 14.7. The molecule has 2 aromatic rings. The van der Waals surface area contributed by atoms with Crippen molar-refractivity contribution in [3.63, 3.8) is 0 Å². The van der Waals surface area contributed by atoms with Crippen molar-refractivity contribution in [3.05, 3.63) is 47.2 Å². The summed E-state index contributed by atoms with van der Waals surface area (Å²) in [7, 11) is 0. The fourth-order valence-electron chi connectivity index (χ4n) is 5.29. The largest absolute Gasteiger partial charge is 1.00 e. The molecule has 19 nitrogen and oxygen atoms in total. The molecule has 3 aliphatic heterocycles. The second-order valence-electron chi connectivity index (χ2n) is 9.94. The van der Waals surface area contributed by atoms with Crippen molar-refractivity contribution in [2.24, 2.45) is 0 Å². The van der Waals surface area contributed by atoms with Crippen LogP contribution in [0.25, 0.3) is 0 Å². The first-order valence-corrected chi connectivity index (χ1v) is 15.6. The molecule has 1 aromatic heterocycles. The summed E-state index contributed by atoms with van der Waals surface area (Å²) >= 11 is 2.06. The number of likely N-dealkylation sites (N-methyl/N-ethyl adjacent to an activating group) is 1. The van der Waals surface area contributed by atoms with Crippen LogP contribution in [0.15, 0.2) is 46.8 Å². The minimum Gasteiger partial charge on any atom is -0.543 e. The molecule has 2 saturated heterocycles. The zero-order chi connectivity index (χ0) is 33.2. The molecule has 0 bridgehead atoms. The molecule has 0 saturated carbocycles. The molecular formula is C25H26N11NaO8S2. The maximum absolute atomic E-state index is 14.1. The summed E-state index contributed by atoms with van der Waals surface area (Å²) in [6, 6.07) is 6.21. The smallest absolute Gasteiger partial charge is 0.543 e. The van der Waals surface area contributed by atoms with Gasteiger partial charge in [0.2, 0.25) is 23.6 Å². The van der Waals surface area contributed by atoms with Crippen molar-refractivity contribution in [2.45, 2.75) is 29.2 Å². The number of fused-ring (bicyclic) bond motifs is 1. The number of hydrogen-bond acceptors (Lipinski definition) is 14. The van der Waals surface area contributed by atoms with E-state index < -0.39 is 52.4 Å². The number of β-lactam (4-membered cyclic amide) rings is 1. The normalized spacial score (nSPS) is 21.3. The van der Waals surface area contributed by atoms with Gasteiger partial charge in [-0.3, -0.25) is 33.7 Å². The van der Waals surface area contributed by atoms with E-state index in [2.05, 4.69) is 26.2 Å². The first-order valence-electron chi connectivity index (χ1n) is 13.6. The molecular weight excluding hydrogens is 669 g/mol. The molecule has 5 rings (SSSR count). The summed E-state index contributed by atoms with van der Waals surface area (Å²) in [6.45, 7) is 1.94. The van der Waals surface area contributed by atoms with Gasteiger partial charge in [-0.15, -0.1) is 16.6 Å². The number of nitrogens with one attached hydrogen (secondary N) is 2. The van der Waals surface area contributed by atoms with Gasteiger partial charge in [0.1, 0.15) is 5.37 Å². The summed E-state index contributed by atoms with van der Waals surface area (Å²) in [4.78, 5) is 93.1. The molecule has 0 radical (unpaired) electrons. The number of benzene rings is 1. The molecule has 1 unspecified atom stereocenters. The zero-order valence-electron chi connectivity index (χ0n) is 25.0. The Morgan fingerprint density at radius 1 is 1.21 bits per heavy atom. The Kier molecular flexibility index (Phi) is 11.2. The number of rotatable bonds is 13. The molecule has 4 N–H and O–H groups in total. The SMILES string of the molecule is CCN1CCN(N(C=O)C(C(=O)N[C@]2(NC=O)C(=O)N3C(C(=O)[O-])=C(CSc4nnnn4N)CS[C@H]32)c2ccccc2)C(=O)C1=O.[Na+]. The first-order chi connectivity index (χ1) is 22.1. The monoisotopic (exact) mass is 695 g/mol. The molecule has 0 aliphatic carbocycles. The molecule has 242 valence electrons. The summed E-state index contributed by atoms with van der Waals surface area (Å²) < 4.78 is 0. The molecule has 3 atom stereocenters. The number of nitrogens with two attached hydrogens (primary N) is 1. The van der Waals surface area contributed by atoms with Gasteiger partial charge in [-0.05, 0) is 28.5 Å². The average Bonchev–Trinajstić information content (AvgIpc) is 3.47. The van der Waals surface area contributed by atoms with Crippen molar-refractivity contribution in [2.75, 3.05) is 37.0 Å². The molecule has 1 aromatic carbocycles. The van der Waals surface area contributed by atoms with E-state index in [0.717, 1.165) is 43.2 Å². The van der Waals surface area contributed by atoms with E-state index >= 15 is 0 Å². The predicted octanol–water partition coefficient (Wildman–Crippen LogP) is -7.23. The standard InChI is InChI=1S/C25H27N11O8S2.Na/c1-2-32-8-9-33(20(41)19(32)40)34(13-38)16(14-6-4-3-5-7-14)18(39)28-25(27-12-37)22(44)35-17(21(42)43)15(10-45-23(25)35)11-46-24-29-30-31-36(24)26;/h3-7,12-13,16,23H,2,8-11,26H2,1H3,(H,27,37)(H,28,39)(H,42,43);/q;+1/p-1/t16?,23-,25+;/m0./s1. The Morgan fingerprint density at radius 2 is 1.94 bits per heavy atom. The number of nitrogen functional groups attached to an aromatic ring is 1. The molecule has 2 fully saturated rings. The Balaban J connectivity index is 0.00000500. The van der Waals surface area contributed by atoms with Crippen molar-refractivity contribution in [1.82, 2.24) is 50.8 Å². The number of hydrazine groups is 1. The number of carboxylic acids is 1. The van der Waals surface area contributed by atoms with Crippen LogP contribution >= 0.6 is 23.5 Å². The van der Waals surface area contributed by atoms with Crippen molar-refractivity contribution in [3.8, 4) is 0 Å². The molecule has 47 heavy (non-hydrogen) atoms. The number of amides is 6. The van der Waals surface area contributed by atoms with Crippen LogP contribution in [0.5, 0.6) is 0 Å². The number of aliphatic carboxylic acids is 1. The summed E-state index contributed by atoms with van der Waals surface area (Å²) in [5, 5.41) is 28.4. The summed E-state index contributed by atoms with van der Waals surface area (Å²) in [6.07, 6.45) is 0.388. The molecule has 0 spiro atoms. The van der Waals surface area contributed by atoms with Crippen molar-refractivity contribution < 1.29 is 68.2 Å². The Labute approximate surface area is 296 Å². The van der Waals surface area contributed by atoms with Gasteiger partial charge in [0, 0.05) is 24.6 Å². The number of carbonyl (C=O) groups excluding carboxylic acids is 7. The maximum Gasteiger partial charge on any atom is 1.00 e. The number of aromatic nitrogens is 4. The fraction of sp³-hybridized carbons (Fsp3) is 0.360. The van der Waals surface area contributed by atoms with E-state index in [1.165, 1.54) is 17.0 Å². The quantitative estimate of drug-likeness (QED) is 0.0335. The number of carbonyl (C=O) groups is 7. The number of carboxylic acid groups (broad SMARTS) is 1. The van der Waals surface area contributed by atoms with Crippen LogP contribution in [0.3, 0.4) is 0 Å². The van der Waals surface area contributed by atoms with Crippen LogP contribution in [0.4, 0.5) is 0 Å². The molecule has 3 aliphatic rings. The zero-order valence-corrected chi connectivity index (χ0v) is 28.6. The maximum atomic E-state index is 14.1. The first kappa shape index (κ1) is 35.7. The number of thioether (sulfide) groups is 2. The van der Waals surface area contributed by atoms with Gasteiger partial charge in [-0.2, -0.15) is 0 Å². The third kappa shape index (κ3) is 6.40. The van der Waals surface area contributed by atoms with Gasteiger partial charge >= 0.3 is 41.4 Å². The van der Waals surface area contributed by atoms with Crippen LogP contribution in [0.2, 0.25) is 0 Å². The Bertz CT molecular complexity index is 1630. The molecule has 6 amide bonds. The molecule has 22 heteroatoms. The van der Waals surface area contributed by atoms with E-state index in [-0.39, 0.29) is 89.8 Å². The van der Waals surface area contributed by atoms with Gasteiger partial charge in [0.25, 0.3) is 11.8 Å². The minimum absolute atomic E-state index is 0. The van der Waals surface area contributed by atoms with Crippen LogP contribution in [0, 0.1) is 0 Å². The average molecular weight is 696 g/mol. The van der Waals surface area contributed by atoms with Gasteiger partial charge < -0.3 is 31.3 Å². The Morgan fingerprint density at radius 3 is 2.53 bits per heavy atom. The van der Waals surface area contributed by atoms with Crippen molar-refractivity contribution in [1.29, 1.82) is 0 Å². The van der Waals surface area contributed by atoms with Crippen LogP contribution in [0.1, 0.15) is 18.5 Å². The second-order valence-corrected chi connectivity index (χ2v) is 12.0. The number of piperazine rings is 1. The van der Waals surface area contributed by atoms with Gasteiger partial charge in [-0.1, -0.05) is 47.2 Å². The van der Waals surface area contributed by atoms with Gasteiger partial charge in [-0.25, -0.2) is 10.0 Å². The Hall–Kier alpha value is -4.18. The van der Waals surface area contributed by atoms with Crippen molar-refractivity contribution >= 4 is 65.9 Å². The summed E-state index contributed by atoms with van der Waals surface area (Å²) in [5.41, 5.74) is -2.12. The fourth-order valence-corrected chi connectivity index (χ4v) is 7.65. The topological polar surface area (TPSA) is 249 Å². The van der Waals surface area contributed by atoms with Gasteiger partial charge in [0.05, 0.1) is 18.2 Å². The minimum atomic E-state index is -2.15. The summed E-state index contributed by atoms with van der Waals surface area (Å²) in [5.74, 6) is 0.0975. The van der Waals surface area contributed by atoms with E-state index in [1.54, 1.807) is 25.1 Å². The van der Waals surface area contributed by atoms with Crippen LogP contribution in [-0.2, 0) is 33.6 Å².